The van der Waals surface area contributed by atoms with Gasteiger partial charge in [0.2, 0.25) is 0 Å². The van der Waals surface area contributed by atoms with E-state index in [2.05, 4.69) is 354 Å². The number of anilines is 6. The quantitative estimate of drug-likeness (QED) is 0.159. The number of hydrogen-bond acceptors (Lipinski definition) is 4. The van der Waals surface area contributed by atoms with E-state index < -0.39 is 5.41 Å². The number of imidazole rings is 1. The summed E-state index contributed by atoms with van der Waals surface area (Å²) in [5.41, 5.74) is 21.6. The molecule has 0 atom stereocenters. The van der Waals surface area contributed by atoms with Gasteiger partial charge in [-0.25, -0.2) is 0 Å². The maximum atomic E-state index is 7.62. The summed E-state index contributed by atoms with van der Waals surface area (Å²) in [5, 5.41) is 0. The fourth-order valence-corrected chi connectivity index (χ4v) is 14.4. The van der Waals surface area contributed by atoms with E-state index in [0.29, 0.717) is 0 Å². The van der Waals surface area contributed by atoms with Crippen LogP contribution in [0.25, 0.3) is 33.5 Å². The Labute approximate surface area is 532 Å². The zero-order chi connectivity index (χ0) is 62.0. The molecule has 88 heavy (non-hydrogen) atoms. The fourth-order valence-electron chi connectivity index (χ4n) is 13.3. The van der Waals surface area contributed by atoms with E-state index in [1.165, 1.54) is 55.6 Å². The van der Waals surface area contributed by atoms with Crippen molar-refractivity contribution >= 4 is 45.3 Å². The van der Waals surface area contributed by atoms with Crippen molar-refractivity contribution in [2.45, 2.75) is 136 Å². The number of pyridine rings is 1. The molecule has 0 fully saturated rings. The Bertz CT molecular complexity index is 4510. The van der Waals surface area contributed by atoms with Gasteiger partial charge in [0.25, 0.3) is 0 Å². The molecule has 11 aromatic rings. The predicted molar refractivity (Wildman–Crippen MR) is 364 cm³/mol. The van der Waals surface area contributed by atoms with Crippen molar-refractivity contribution in [2.24, 2.45) is 0 Å². The summed E-state index contributed by atoms with van der Waals surface area (Å²) in [4.78, 5) is 10.2. The van der Waals surface area contributed by atoms with Crippen molar-refractivity contribution in [3.63, 3.8) is 0 Å². The summed E-state index contributed by atoms with van der Waals surface area (Å²) in [6.07, 6.45) is 1.99. The van der Waals surface area contributed by atoms with E-state index in [0.717, 1.165) is 77.5 Å². The van der Waals surface area contributed by atoms with Gasteiger partial charge in [0.15, 0.2) is 0 Å². The second-order valence-corrected chi connectivity index (χ2v) is 30.4. The Morgan fingerprint density at radius 3 is 1.52 bits per heavy atom. The van der Waals surface area contributed by atoms with Crippen LogP contribution in [0.5, 0.6) is 11.5 Å². The van der Waals surface area contributed by atoms with Crippen LogP contribution in [0.3, 0.4) is 0 Å². The molecule has 4 heterocycles. The number of para-hydroxylation sites is 3. The molecule has 2 aliphatic rings. The van der Waals surface area contributed by atoms with Gasteiger partial charge in [-0.05, 0) is 52.3 Å². The summed E-state index contributed by atoms with van der Waals surface area (Å²) in [6.45, 7) is 34.7. The van der Waals surface area contributed by atoms with E-state index in [-0.39, 0.29) is 27.1 Å². The summed E-state index contributed by atoms with van der Waals surface area (Å²) in [7, 11) is 0. The van der Waals surface area contributed by atoms with Gasteiger partial charge in [-0.2, -0.15) is 0 Å². The third-order valence-corrected chi connectivity index (χ3v) is 19.1. The van der Waals surface area contributed by atoms with Crippen molar-refractivity contribution in [3.8, 4) is 34.0 Å². The molecule has 0 N–H and O–H groups in total. The molecule has 2 aliphatic heterocycles. The molecular weight excluding hydrogens is 1250 g/mol. The Hall–Kier alpha value is -8.31. The van der Waals surface area contributed by atoms with Crippen LogP contribution in [-0.4, -0.2) is 14.1 Å². The van der Waals surface area contributed by atoms with Gasteiger partial charge in [-0.3, -0.25) is 0 Å². The number of benzene rings is 9. The first-order valence-electron chi connectivity index (χ1n) is 31.1. The topological polar surface area (TPSA) is 38.5 Å². The summed E-state index contributed by atoms with van der Waals surface area (Å²) >= 11 is 2.56. The normalized spacial score (nSPS) is 14.0. The van der Waals surface area contributed by atoms with Crippen LogP contribution < -0.4 is 14.5 Å². The predicted octanol–water partition coefficient (Wildman–Crippen LogP) is 21.8. The summed E-state index contributed by atoms with van der Waals surface area (Å²) in [5.74, 6) is 2.38. The van der Waals surface area contributed by atoms with E-state index in [9.17, 15) is 0 Å². The van der Waals surface area contributed by atoms with E-state index in [1.54, 1.807) is 0 Å². The zero-order valence-electron chi connectivity index (χ0n) is 53.7. The molecular formula is C81H81N5OPt. The van der Waals surface area contributed by atoms with Crippen LogP contribution >= 0.6 is 0 Å². The molecule has 1 spiro atoms. The third kappa shape index (κ3) is 10.0. The van der Waals surface area contributed by atoms with Crippen LogP contribution in [-0.2, 0) is 51.8 Å². The molecule has 0 unspecified atom stereocenters. The first-order valence-corrected chi connectivity index (χ1v) is 32.2. The van der Waals surface area contributed by atoms with Crippen LogP contribution in [0.2, 0.25) is 0 Å². The summed E-state index contributed by atoms with van der Waals surface area (Å²) in [6, 6.07) is 79.1. The first-order chi connectivity index (χ1) is 41.7. The maximum absolute atomic E-state index is 7.62. The summed E-state index contributed by atoms with van der Waals surface area (Å²) < 4.78 is 13.5. The Morgan fingerprint density at radius 1 is 0.364 bits per heavy atom. The third-order valence-electron chi connectivity index (χ3n) is 18.1. The van der Waals surface area contributed by atoms with Crippen molar-refractivity contribution in [1.82, 2.24) is 14.1 Å². The SMILES string of the molecule is CC(C)(C)c1cc(-n2[c](=[Pt])n(-c3cccc(Oc4cc5c(cc4C(C)(C)C)C4(c6ccccc6N(c6ccccc6)c6ccccc64)c4cc(C(C)(C)C)ccc4N5c4cc(C(C)(C)C)ccn4)c3)c3ccc(-c4ccccc4)cc32)cc(C(C)(C)C)c1. The van der Waals surface area contributed by atoms with E-state index >= 15 is 0 Å². The molecule has 7 heteroatoms. The Morgan fingerprint density at radius 2 is 0.909 bits per heavy atom. The molecule has 0 saturated carbocycles. The molecule has 0 amide bonds. The first kappa shape index (κ1) is 58.7. The molecule has 446 valence electrons. The van der Waals surface area contributed by atoms with Crippen LogP contribution in [0, 0.1) is 3.80 Å². The van der Waals surface area contributed by atoms with Crippen molar-refractivity contribution in [1.29, 1.82) is 0 Å². The Kier molecular flexibility index (Phi) is 14.1. The number of aromatic nitrogens is 3. The molecule has 0 bridgehead atoms. The van der Waals surface area contributed by atoms with Gasteiger partial charge in [0.1, 0.15) is 0 Å². The number of hydrogen-bond donors (Lipinski definition) is 0. The zero-order valence-corrected chi connectivity index (χ0v) is 56.0. The fraction of sp³-hybridized carbons (Fsp3) is 0.259. The minimum atomic E-state index is -0.803. The van der Waals surface area contributed by atoms with Gasteiger partial charge in [0.05, 0.1) is 11.4 Å². The van der Waals surface area contributed by atoms with Gasteiger partial charge >= 0.3 is 347 Å². The van der Waals surface area contributed by atoms with E-state index in [4.69, 9.17) is 9.72 Å². The molecule has 0 saturated heterocycles. The molecule has 0 aliphatic carbocycles. The number of rotatable bonds is 7. The monoisotopic (exact) mass is 1330 g/mol. The molecule has 6 nitrogen and oxygen atoms in total. The average molecular weight is 1340 g/mol. The Balaban J connectivity index is 1.07. The standard InChI is InChI=1S/C81H81N5O.Pt/c1-76(2,3)55-38-40-70-65(47-55)81(63-33-22-24-35-68(63)85(59-29-20-17-21-30-59)69-36-25-23-34-64(69)81)66-50-67(80(13,14)15)74(51-72(66)86(70)75-48-56(41-42-82-75)77(4,5)6)87-62-32-26-31-60(49-62)83-52-84(61-45-57(78(7,8)9)44-58(46-61)79(10,11)12)73-43-54(37-39-71(73)83)53-27-18-16-19-28-53;/h16-51H,1-15H3;. The van der Waals surface area contributed by atoms with Gasteiger partial charge in [-0.15, -0.1) is 0 Å². The van der Waals surface area contributed by atoms with Crippen LogP contribution in [0.4, 0.5) is 34.3 Å². The van der Waals surface area contributed by atoms with E-state index in [1.807, 2.05) is 6.20 Å². The van der Waals surface area contributed by atoms with Crippen molar-refractivity contribution < 1.29 is 24.1 Å². The molecule has 13 rings (SSSR count). The molecule has 0 radical (unpaired) electrons. The van der Waals surface area contributed by atoms with Gasteiger partial charge in [0, 0.05) is 11.9 Å². The molecule has 9 aromatic carbocycles. The second kappa shape index (κ2) is 21.2. The number of ether oxygens (including phenoxy) is 1. The average Bonchev–Trinajstić information content (AvgIpc) is 0.765. The van der Waals surface area contributed by atoms with Crippen molar-refractivity contribution in [3.05, 3.63) is 272 Å². The van der Waals surface area contributed by atoms with Crippen LogP contribution in [0.1, 0.15) is 154 Å². The molecule has 2 aromatic heterocycles. The number of fused-ring (bicyclic) bond motifs is 9. The van der Waals surface area contributed by atoms with Crippen molar-refractivity contribution in [2.75, 3.05) is 9.80 Å². The van der Waals surface area contributed by atoms with Crippen LogP contribution in [0.15, 0.2) is 219 Å². The van der Waals surface area contributed by atoms with Gasteiger partial charge in [-0.1, -0.05) is 108 Å². The second-order valence-electron chi connectivity index (χ2n) is 29.4. The van der Waals surface area contributed by atoms with Gasteiger partial charge < -0.3 is 4.90 Å². The number of nitrogens with zero attached hydrogens (tertiary/aromatic N) is 5. The minimum absolute atomic E-state index is 0.0667.